The topological polar surface area (TPSA) is 76.6 Å². The molecule has 1 aliphatic heterocycles. The van der Waals surface area contributed by atoms with E-state index in [1.165, 1.54) is 6.42 Å². The predicted molar refractivity (Wildman–Crippen MR) is 99.2 cm³/mol. The molecule has 3 rings (SSSR count). The van der Waals surface area contributed by atoms with Gasteiger partial charge in [-0.15, -0.1) is 0 Å². The van der Waals surface area contributed by atoms with E-state index in [-0.39, 0.29) is 5.91 Å². The maximum Gasteiger partial charge on any atom is 0.272 e. The third kappa shape index (κ3) is 4.04. The Morgan fingerprint density at radius 1 is 1.23 bits per heavy atom. The smallest absolute Gasteiger partial charge is 0.272 e. The minimum Gasteiger partial charge on any atom is -0.493 e. The molecule has 1 saturated heterocycles. The summed E-state index contributed by atoms with van der Waals surface area (Å²) in [6.45, 7) is 3.73. The molecule has 2 aromatic rings. The van der Waals surface area contributed by atoms with Crippen molar-refractivity contribution in [2.24, 2.45) is 5.92 Å². The normalized spacial score (nSPS) is 16.9. The van der Waals surface area contributed by atoms with Gasteiger partial charge in [0.05, 0.1) is 14.2 Å². The molecule has 1 atom stereocenters. The van der Waals surface area contributed by atoms with Gasteiger partial charge in [0.15, 0.2) is 11.5 Å². The fraction of sp³-hybridized carbons (Fsp3) is 0.421. The summed E-state index contributed by atoms with van der Waals surface area (Å²) in [4.78, 5) is 23.2. The van der Waals surface area contributed by atoms with Crippen molar-refractivity contribution in [2.75, 3.05) is 32.6 Å². The number of methoxy groups -OCH3 is 2. The molecule has 1 aromatic heterocycles. The van der Waals surface area contributed by atoms with Crippen LogP contribution in [0.2, 0.25) is 0 Å². The molecule has 1 aromatic carbocycles. The van der Waals surface area contributed by atoms with E-state index in [2.05, 4.69) is 22.2 Å². The largest absolute Gasteiger partial charge is 0.493 e. The van der Waals surface area contributed by atoms with Crippen LogP contribution in [0.5, 0.6) is 11.5 Å². The van der Waals surface area contributed by atoms with Crippen LogP contribution in [-0.4, -0.2) is 48.1 Å². The highest BCUT2D eigenvalue weighted by Crippen LogP contribution is 2.30. The van der Waals surface area contributed by atoms with Crippen LogP contribution in [0.4, 0.5) is 11.6 Å². The van der Waals surface area contributed by atoms with Crippen molar-refractivity contribution in [2.45, 2.75) is 19.8 Å². The second-order valence-corrected chi connectivity index (χ2v) is 6.46. The van der Waals surface area contributed by atoms with Gasteiger partial charge in [-0.05, 0) is 37.0 Å². The zero-order valence-electron chi connectivity index (χ0n) is 15.4. The number of nitrogens with zero attached hydrogens (tertiary/aromatic N) is 3. The zero-order valence-corrected chi connectivity index (χ0v) is 15.4. The summed E-state index contributed by atoms with van der Waals surface area (Å²) in [5, 5.41) is 3.11. The van der Waals surface area contributed by atoms with E-state index >= 15 is 0 Å². The molecule has 1 N–H and O–H groups in total. The van der Waals surface area contributed by atoms with Crippen molar-refractivity contribution in [3.05, 3.63) is 36.2 Å². The third-order valence-corrected chi connectivity index (χ3v) is 4.46. The summed E-state index contributed by atoms with van der Waals surface area (Å²) in [6, 6.07) is 7.08. The molecule has 1 unspecified atom stereocenters. The summed E-state index contributed by atoms with van der Waals surface area (Å²) in [5.74, 6) is 2.09. The van der Waals surface area contributed by atoms with Crippen LogP contribution in [0.1, 0.15) is 30.3 Å². The van der Waals surface area contributed by atoms with Crippen LogP contribution >= 0.6 is 0 Å². The van der Waals surface area contributed by atoms with E-state index in [4.69, 9.17) is 9.47 Å². The number of hydrogen-bond acceptors (Lipinski definition) is 6. The van der Waals surface area contributed by atoms with Crippen LogP contribution in [-0.2, 0) is 0 Å². The molecule has 1 amide bonds. The number of benzene rings is 1. The van der Waals surface area contributed by atoms with Crippen molar-refractivity contribution in [3.63, 3.8) is 0 Å². The SMILES string of the molecule is COc1ccc(Nc2nccc(C(=O)N3CCCC(C)C3)n2)cc1OC. The summed E-state index contributed by atoms with van der Waals surface area (Å²) >= 11 is 0. The van der Waals surface area contributed by atoms with Crippen LogP contribution in [0.15, 0.2) is 30.5 Å². The van der Waals surface area contributed by atoms with E-state index in [1.54, 1.807) is 38.6 Å². The number of piperidine rings is 1. The quantitative estimate of drug-likeness (QED) is 0.887. The number of amides is 1. The highest BCUT2D eigenvalue weighted by Gasteiger charge is 2.23. The number of likely N-dealkylation sites (tertiary alicyclic amines) is 1. The first-order valence-electron chi connectivity index (χ1n) is 8.72. The molecule has 2 heterocycles. The minimum atomic E-state index is -0.0469. The molecule has 0 aliphatic carbocycles. The molecule has 0 bridgehead atoms. The van der Waals surface area contributed by atoms with Gasteiger partial charge < -0.3 is 19.7 Å². The lowest BCUT2D eigenvalue weighted by atomic mass is 10.00. The number of ether oxygens (including phenoxy) is 2. The maximum atomic E-state index is 12.7. The Kier molecular flexibility index (Phi) is 5.55. The summed E-state index contributed by atoms with van der Waals surface area (Å²) in [5.41, 5.74) is 1.15. The number of hydrogen-bond donors (Lipinski definition) is 1. The molecule has 1 aliphatic rings. The van der Waals surface area contributed by atoms with Gasteiger partial charge in [-0.3, -0.25) is 4.79 Å². The lowest BCUT2D eigenvalue weighted by Gasteiger charge is -2.30. The fourth-order valence-electron chi connectivity index (χ4n) is 3.12. The standard InChI is InChI=1S/C19H24N4O3/c1-13-5-4-10-23(12-13)18(24)15-8-9-20-19(22-15)21-14-6-7-16(25-2)17(11-14)26-3/h6-9,11,13H,4-5,10,12H2,1-3H3,(H,20,21,22). The van der Waals surface area contributed by atoms with Crippen molar-refractivity contribution < 1.29 is 14.3 Å². The molecule has 0 spiro atoms. The number of carbonyl (C=O) groups is 1. The predicted octanol–water partition coefficient (Wildman–Crippen LogP) is 3.11. The van der Waals surface area contributed by atoms with Gasteiger partial charge in [0.25, 0.3) is 5.91 Å². The van der Waals surface area contributed by atoms with Crippen molar-refractivity contribution >= 4 is 17.5 Å². The third-order valence-electron chi connectivity index (χ3n) is 4.46. The monoisotopic (exact) mass is 356 g/mol. The molecule has 0 radical (unpaired) electrons. The van der Waals surface area contributed by atoms with Crippen LogP contribution < -0.4 is 14.8 Å². The first-order chi connectivity index (χ1) is 12.6. The summed E-state index contributed by atoms with van der Waals surface area (Å²) < 4.78 is 10.5. The Labute approximate surface area is 153 Å². The second-order valence-electron chi connectivity index (χ2n) is 6.46. The lowest BCUT2D eigenvalue weighted by molar-refractivity contribution is 0.0677. The maximum absolute atomic E-state index is 12.7. The number of rotatable bonds is 5. The van der Waals surface area contributed by atoms with Gasteiger partial charge in [-0.25, -0.2) is 9.97 Å². The molecular weight excluding hydrogens is 332 g/mol. The second kappa shape index (κ2) is 8.03. The molecule has 0 saturated carbocycles. The van der Waals surface area contributed by atoms with Gasteiger partial charge in [0.1, 0.15) is 5.69 Å². The average Bonchev–Trinajstić information content (AvgIpc) is 2.67. The van der Waals surface area contributed by atoms with Crippen LogP contribution in [0.25, 0.3) is 0 Å². The Morgan fingerprint density at radius 3 is 2.77 bits per heavy atom. The number of nitrogens with one attached hydrogen (secondary N) is 1. The molecule has 1 fully saturated rings. The first kappa shape index (κ1) is 18.0. The minimum absolute atomic E-state index is 0.0469. The fourth-order valence-corrected chi connectivity index (χ4v) is 3.12. The van der Waals surface area contributed by atoms with Crippen LogP contribution in [0.3, 0.4) is 0 Å². The Balaban J connectivity index is 1.76. The van der Waals surface area contributed by atoms with Gasteiger partial charge in [-0.2, -0.15) is 0 Å². The molecule has 7 heteroatoms. The first-order valence-corrected chi connectivity index (χ1v) is 8.72. The van der Waals surface area contributed by atoms with E-state index in [0.29, 0.717) is 29.1 Å². The molecular formula is C19H24N4O3. The van der Waals surface area contributed by atoms with E-state index in [9.17, 15) is 4.79 Å². The zero-order chi connectivity index (χ0) is 18.5. The van der Waals surface area contributed by atoms with Gasteiger partial charge in [0.2, 0.25) is 5.95 Å². The molecule has 26 heavy (non-hydrogen) atoms. The summed E-state index contributed by atoms with van der Waals surface area (Å²) in [7, 11) is 3.17. The Morgan fingerprint density at radius 2 is 2.04 bits per heavy atom. The average molecular weight is 356 g/mol. The Hall–Kier alpha value is -2.83. The van der Waals surface area contributed by atoms with Crippen molar-refractivity contribution in [1.82, 2.24) is 14.9 Å². The molecule has 138 valence electrons. The molecule has 7 nitrogen and oxygen atoms in total. The van der Waals surface area contributed by atoms with E-state index in [0.717, 1.165) is 25.2 Å². The van der Waals surface area contributed by atoms with E-state index in [1.807, 2.05) is 11.0 Å². The Bertz CT molecular complexity index is 781. The highest BCUT2D eigenvalue weighted by molar-refractivity contribution is 5.92. The van der Waals surface area contributed by atoms with Crippen LogP contribution in [0, 0.1) is 5.92 Å². The van der Waals surface area contributed by atoms with Gasteiger partial charge >= 0.3 is 0 Å². The van der Waals surface area contributed by atoms with Gasteiger partial charge in [0, 0.05) is 31.0 Å². The lowest BCUT2D eigenvalue weighted by Crippen LogP contribution is -2.39. The number of anilines is 2. The van der Waals surface area contributed by atoms with Gasteiger partial charge in [-0.1, -0.05) is 6.92 Å². The summed E-state index contributed by atoms with van der Waals surface area (Å²) in [6.07, 6.45) is 3.80. The number of carbonyl (C=O) groups excluding carboxylic acids is 1. The van der Waals surface area contributed by atoms with Crippen molar-refractivity contribution in [1.29, 1.82) is 0 Å². The van der Waals surface area contributed by atoms with E-state index < -0.39 is 0 Å². The van der Waals surface area contributed by atoms with Crippen molar-refractivity contribution in [3.8, 4) is 11.5 Å². The highest BCUT2D eigenvalue weighted by atomic mass is 16.5. The number of aromatic nitrogens is 2.